The Labute approximate surface area is 184 Å². The molecule has 0 saturated heterocycles. The van der Waals surface area contributed by atoms with Gasteiger partial charge in [-0.2, -0.15) is 9.78 Å². The predicted molar refractivity (Wildman–Crippen MR) is 118 cm³/mol. The van der Waals surface area contributed by atoms with Gasteiger partial charge in [0.25, 0.3) is 0 Å². The molecule has 0 aliphatic carbocycles. The second kappa shape index (κ2) is 10.3. The second-order valence-corrected chi connectivity index (χ2v) is 8.41. The highest BCUT2D eigenvalue weighted by molar-refractivity contribution is 7.48. The number of carbonyl (C=O) groups excluding carboxylic acids is 1. The molecule has 9 heteroatoms. The molecular formula is C23H21N2O6P. The lowest BCUT2D eigenvalue weighted by molar-refractivity contribution is 0.0173. The molecule has 1 aromatic heterocycles. The molecular weight excluding hydrogens is 431 g/mol. The average molecular weight is 452 g/mol. The van der Waals surface area contributed by atoms with Gasteiger partial charge in [-0.3, -0.25) is 9.05 Å². The van der Waals surface area contributed by atoms with Crippen molar-refractivity contribution < 1.29 is 27.7 Å². The first-order chi connectivity index (χ1) is 15.6. The first-order valence-electron chi connectivity index (χ1n) is 9.84. The van der Waals surface area contributed by atoms with E-state index in [4.69, 9.17) is 18.3 Å². The Balaban J connectivity index is 1.39. The van der Waals surface area contributed by atoms with E-state index >= 15 is 0 Å². The molecule has 0 amide bonds. The fourth-order valence-electron chi connectivity index (χ4n) is 2.89. The zero-order chi connectivity index (χ0) is 22.2. The van der Waals surface area contributed by atoms with Crippen LogP contribution in [0.3, 0.4) is 0 Å². The molecule has 1 heterocycles. The van der Waals surface area contributed by atoms with Crippen LogP contribution in [0.1, 0.15) is 11.1 Å². The molecule has 0 saturated carbocycles. The topological polar surface area (TPSA) is 88.9 Å². The van der Waals surface area contributed by atoms with Crippen molar-refractivity contribution in [2.75, 3.05) is 6.79 Å². The van der Waals surface area contributed by atoms with E-state index in [1.54, 1.807) is 18.3 Å². The Bertz CT molecular complexity index is 1170. The number of carbonyl (C=O) groups is 1. The van der Waals surface area contributed by atoms with Gasteiger partial charge >= 0.3 is 13.9 Å². The minimum Gasteiger partial charge on any atom is -0.420 e. The quantitative estimate of drug-likeness (QED) is 0.243. The highest BCUT2D eigenvalue weighted by atomic mass is 31.2. The summed E-state index contributed by atoms with van der Waals surface area (Å²) in [6.07, 6.45) is 0.776. The van der Waals surface area contributed by atoms with E-state index in [1.165, 1.54) is 0 Å². The summed E-state index contributed by atoms with van der Waals surface area (Å²) in [5, 5.41) is 4.80. The molecule has 0 aliphatic rings. The number of rotatable bonds is 9. The molecule has 0 N–H and O–H groups in total. The number of fused-ring (bicyclic) bond motifs is 1. The van der Waals surface area contributed by atoms with Crippen LogP contribution in [0.2, 0.25) is 0 Å². The highest BCUT2D eigenvalue weighted by Crippen LogP contribution is 2.50. The molecule has 0 fully saturated rings. The van der Waals surface area contributed by atoms with Crippen LogP contribution >= 0.6 is 7.82 Å². The molecule has 32 heavy (non-hydrogen) atoms. The van der Waals surface area contributed by atoms with Crippen molar-refractivity contribution >= 4 is 24.8 Å². The number of para-hydroxylation sites is 1. The van der Waals surface area contributed by atoms with Gasteiger partial charge in [-0.1, -0.05) is 78.9 Å². The lowest BCUT2D eigenvalue weighted by atomic mass is 10.2. The predicted octanol–water partition coefficient (Wildman–Crippen LogP) is 5.54. The zero-order valence-corrected chi connectivity index (χ0v) is 18.0. The normalized spacial score (nSPS) is 11.5. The smallest absolute Gasteiger partial charge is 0.420 e. The summed E-state index contributed by atoms with van der Waals surface area (Å²) in [5.41, 5.74) is 2.17. The molecule has 0 spiro atoms. The Kier molecular flexibility index (Phi) is 7.09. The minimum atomic E-state index is -4.04. The molecule has 0 atom stereocenters. The van der Waals surface area contributed by atoms with E-state index < -0.39 is 20.7 Å². The summed E-state index contributed by atoms with van der Waals surface area (Å²) in [5.74, 6) is 0. The molecule has 3 aromatic carbocycles. The van der Waals surface area contributed by atoms with Crippen molar-refractivity contribution in [2.45, 2.75) is 13.2 Å². The molecule has 0 bridgehead atoms. The average Bonchev–Trinajstić information content (AvgIpc) is 3.27. The molecule has 4 rings (SSSR count). The van der Waals surface area contributed by atoms with Gasteiger partial charge in [0.1, 0.15) is 0 Å². The van der Waals surface area contributed by atoms with E-state index in [9.17, 15) is 9.36 Å². The molecule has 164 valence electrons. The Morgan fingerprint density at radius 2 is 1.34 bits per heavy atom. The maximum atomic E-state index is 13.2. The summed E-state index contributed by atoms with van der Waals surface area (Å²) < 4.78 is 35.6. The molecule has 0 aliphatic heterocycles. The van der Waals surface area contributed by atoms with Gasteiger partial charge in [0, 0.05) is 5.39 Å². The lowest BCUT2D eigenvalue weighted by Crippen LogP contribution is -2.17. The van der Waals surface area contributed by atoms with Crippen molar-refractivity contribution in [3.05, 3.63) is 102 Å². The number of hydrogen-bond acceptors (Lipinski definition) is 7. The number of benzene rings is 3. The Morgan fingerprint density at radius 1 is 0.781 bits per heavy atom. The van der Waals surface area contributed by atoms with Gasteiger partial charge in [-0.15, -0.1) is 0 Å². The van der Waals surface area contributed by atoms with Crippen molar-refractivity contribution in [2.24, 2.45) is 0 Å². The van der Waals surface area contributed by atoms with Crippen molar-refractivity contribution in [1.29, 1.82) is 0 Å². The maximum absolute atomic E-state index is 13.2. The molecule has 4 aromatic rings. The molecule has 0 unspecified atom stereocenters. The van der Waals surface area contributed by atoms with Crippen molar-refractivity contribution in [3.8, 4) is 0 Å². The van der Waals surface area contributed by atoms with Crippen LogP contribution in [-0.2, 0) is 36.1 Å². The van der Waals surface area contributed by atoms with Gasteiger partial charge in [0.15, 0.2) is 0 Å². The summed E-state index contributed by atoms with van der Waals surface area (Å²) >= 11 is 0. The van der Waals surface area contributed by atoms with Gasteiger partial charge in [0.05, 0.1) is 24.9 Å². The first kappa shape index (κ1) is 21.9. The van der Waals surface area contributed by atoms with Gasteiger partial charge < -0.3 is 4.74 Å². The van der Waals surface area contributed by atoms with Crippen molar-refractivity contribution in [3.63, 3.8) is 0 Å². The fourth-order valence-corrected chi connectivity index (χ4v) is 3.91. The summed E-state index contributed by atoms with van der Waals surface area (Å²) in [4.78, 5) is 12.4. The van der Waals surface area contributed by atoms with Crippen LogP contribution in [0.4, 0.5) is 4.79 Å². The van der Waals surface area contributed by atoms with E-state index in [0.717, 1.165) is 21.2 Å². The van der Waals surface area contributed by atoms with Crippen LogP contribution in [0.5, 0.6) is 0 Å². The van der Waals surface area contributed by atoms with Crippen LogP contribution in [0.15, 0.2) is 91.1 Å². The van der Waals surface area contributed by atoms with E-state index in [-0.39, 0.29) is 13.2 Å². The van der Waals surface area contributed by atoms with Gasteiger partial charge in [-0.25, -0.2) is 13.9 Å². The van der Waals surface area contributed by atoms with Crippen LogP contribution in [-0.4, -0.2) is 22.7 Å². The lowest BCUT2D eigenvalue weighted by Gasteiger charge is -2.18. The highest BCUT2D eigenvalue weighted by Gasteiger charge is 2.28. The van der Waals surface area contributed by atoms with E-state index in [0.29, 0.717) is 5.52 Å². The van der Waals surface area contributed by atoms with Gasteiger partial charge in [0.2, 0.25) is 6.79 Å². The standard InChI is InChI=1S/C23H21N2O6P/c26-23(25-22-14-8-7-13-21(22)15-24-25)28-18-31-32(27,29-16-19-9-3-1-4-10-19)30-17-20-11-5-2-6-12-20/h1-15H,16-18H2. The van der Waals surface area contributed by atoms with Gasteiger partial charge in [-0.05, 0) is 17.2 Å². The third-order valence-corrected chi connectivity index (χ3v) is 5.82. The largest absolute Gasteiger partial charge is 0.478 e. The third kappa shape index (κ3) is 5.69. The number of hydrogen-bond donors (Lipinski definition) is 0. The van der Waals surface area contributed by atoms with Crippen LogP contribution in [0, 0.1) is 0 Å². The maximum Gasteiger partial charge on any atom is 0.478 e. The van der Waals surface area contributed by atoms with Crippen LogP contribution in [0.25, 0.3) is 10.9 Å². The Hall–Kier alpha value is -3.29. The number of aromatic nitrogens is 2. The monoisotopic (exact) mass is 452 g/mol. The van der Waals surface area contributed by atoms with Crippen molar-refractivity contribution in [1.82, 2.24) is 9.78 Å². The number of phosphoric acid groups is 1. The number of nitrogens with zero attached hydrogens (tertiary/aromatic N) is 2. The molecule has 0 radical (unpaired) electrons. The van der Waals surface area contributed by atoms with Crippen LogP contribution < -0.4 is 0 Å². The number of phosphoric ester groups is 1. The summed E-state index contributed by atoms with van der Waals surface area (Å²) in [6.45, 7) is -0.622. The second-order valence-electron chi connectivity index (χ2n) is 6.74. The van der Waals surface area contributed by atoms with E-state index in [1.807, 2.05) is 72.8 Å². The molecule has 8 nitrogen and oxygen atoms in total. The SMILES string of the molecule is O=C(OCOP(=O)(OCc1ccccc1)OCc1ccccc1)n1ncc2ccccc21. The first-order valence-corrected chi connectivity index (χ1v) is 11.3. The third-order valence-electron chi connectivity index (χ3n) is 4.51. The minimum absolute atomic E-state index is 0.00461. The zero-order valence-electron chi connectivity index (χ0n) is 17.1. The fraction of sp³-hybridized carbons (Fsp3) is 0.130. The number of ether oxygens (including phenoxy) is 1. The Morgan fingerprint density at radius 3 is 1.97 bits per heavy atom. The summed E-state index contributed by atoms with van der Waals surface area (Å²) in [7, 11) is -4.04. The van der Waals surface area contributed by atoms with E-state index in [2.05, 4.69) is 5.10 Å². The summed E-state index contributed by atoms with van der Waals surface area (Å²) in [6, 6.07) is 25.6.